The minimum Gasteiger partial charge on any atom is -0.487 e. The van der Waals surface area contributed by atoms with Crippen molar-refractivity contribution in [2.75, 3.05) is 39.6 Å². The first-order chi connectivity index (χ1) is 12.4. The Balaban J connectivity index is 1.78. The van der Waals surface area contributed by atoms with Crippen LogP contribution in [0.15, 0.2) is 0 Å². The van der Waals surface area contributed by atoms with E-state index in [4.69, 9.17) is 18.9 Å². The molecule has 3 rings (SSSR count). The number of benzene rings is 1. The summed E-state index contributed by atoms with van der Waals surface area (Å²) in [5.41, 5.74) is -0.780. The smallest absolute Gasteiger partial charge is 0.207 e. The van der Waals surface area contributed by atoms with Crippen molar-refractivity contribution in [1.29, 1.82) is 0 Å². The minimum atomic E-state index is -1.60. The van der Waals surface area contributed by atoms with Crippen LogP contribution in [-0.2, 0) is 9.47 Å². The fourth-order valence-electron chi connectivity index (χ4n) is 2.86. The Kier molecular flexibility index (Phi) is 5.35. The van der Waals surface area contributed by atoms with Crippen LogP contribution in [0.4, 0.5) is 17.6 Å². The van der Waals surface area contributed by atoms with E-state index < -0.39 is 45.6 Å². The second-order valence-corrected chi connectivity index (χ2v) is 7.18. The van der Waals surface area contributed by atoms with E-state index in [1.54, 1.807) is 0 Å². The highest BCUT2D eigenvalue weighted by Gasteiger charge is 2.40. The van der Waals surface area contributed by atoms with Crippen molar-refractivity contribution < 1.29 is 36.5 Å². The van der Waals surface area contributed by atoms with Crippen LogP contribution in [-0.4, -0.2) is 39.6 Å². The molecule has 146 valence electrons. The third-order valence-electron chi connectivity index (χ3n) is 5.36. The molecule has 0 aliphatic carbocycles. The van der Waals surface area contributed by atoms with Crippen LogP contribution >= 0.6 is 0 Å². The molecule has 2 aliphatic rings. The van der Waals surface area contributed by atoms with Gasteiger partial charge in [-0.25, -0.2) is 0 Å². The molecule has 0 aromatic heterocycles. The average molecular weight is 378 g/mol. The average Bonchev–Trinajstić information content (AvgIpc) is 2.57. The van der Waals surface area contributed by atoms with Crippen LogP contribution in [0.3, 0.4) is 0 Å². The topological polar surface area (TPSA) is 36.9 Å². The van der Waals surface area contributed by atoms with E-state index >= 15 is 0 Å². The molecule has 2 aliphatic heterocycles. The number of hydrogen-bond acceptors (Lipinski definition) is 4. The predicted molar refractivity (Wildman–Crippen MR) is 84.4 cm³/mol. The molecule has 4 nitrogen and oxygen atoms in total. The quantitative estimate of drug-likeness (QED) is 0.509. The van der Waals surface area contributed by atoms with Gasteiger partial charge in [-0.1, -0.05) is 13.8 Å². The second-order valence-electron chi connectivity index (χ2n) is 7.18. The lowest BCUT2D eigenvalue weighted by atomic mass is 9.84. The van der Waals surface area contributed by atoms with Gasteiger partial charge in [0.05, 0.1) is 50.5 Å². The summed E-state index contributed by atoms with van der Waals surface area (Å²) in [6.45, 7) is 5.08. The predicted octanol–water partition coefficient (Wildman–Crippen LogP) is 3.85. The summed E-state index contributed by atoms with van der Waals surface area (Å²) in [6.07, 6.45) is 1.31. The van der Waals surface area contributed by atoms with Crippen molar-refractivity contribution in [1.82, 2.24) is 0 Å². The first kappa shape index (κ1) is 19.2. The van der Waals surface area contributed by atoms with E-state index in [9.17, 15) is 17.6 Å². The summed E-state index contributed by atoms with van der Waals surface area (Å²) in [4.78, 5) is 0. The number of ether oxygens (including phenoxy) is 4. The summed E-state index contributed by atoms with van der Waals surface area (Å²) in [6, 6.07) is 0. The van der Waals surface area contributed by atoms with Gasteiger partial charge in [-0.05, 0) is 12.8 Å². The molecule has 0 N–H and O–H groups in total. The lowest BCUT2D eigenvalue weighted by molar-refractivity contribution is -0.135. The maximum Gasteiger partial charge on any atom is 0.207 e. The first-order valence-corrected chi connectivity index (χ1v) is 8.64. The molecular formula is C18H22F4O4. The molecule has 2 heterocycles. The van der Waals surface area contributed by atoms with Gasteiger partial charge in [-0.15, -0.1) is 0 Å². The van der Waals surface area contributed by atoms with Crippen molar-refractivity contribution in [2.24, 2.45) is 10.8 Å². The molecule has 0 radical (unpaired) electrons. The number of hydrogen-bond donors (Lipinski definition) is 0. The lowest BCUT2D eigenvalue weighted by Crippen LogP contribution is -2.47. The molecule has 0 atom stereocenters. The van der Waals surface area contributed by atoms with Gasteiger partial charge in [-0.2, -0.15) is 17.6 Å². The standard InChI is InChI=1S/C18H22F4O4/c1-3-17(5-23-6-17)9-25-15-11(19)13(21)16(14(22)12(15)20)26-10-18(4-2)7-24-8-18/h3-10H2,1-2H3. The molecule has 0 saturated carbocycles. The lowest BCUT2D eigenvalue weighted by Gasteiger charge is -2.40. The molecule has 0 spiro atoms. The summed E-state index contributed by atoms with van der Waals surface area (Å²) in [5.74, 6) is -8.52. The summed E-state index contributed by atoms with van der Waals surface area (Å²) in [7, 11) is 0. The van der Waals surface area contributed by atoms with Gasteiger partial charge in [0.2, 0.25) is 23.3 Å². The third-order valence-corrected chi connectivity index (χ3v) is 5.36. The van der Waals surface area contributed by atoms with Crippen molar-refractivity contribution in [2.45, 2.75) is 26.7 Å². The molecule has 1 aromatic rings. The van der Waals surface area contributed by atoms with Crippen LogP contribution in [0.1, 0.15) is 26.7 Å². The molecule has 0 bridgehead atoms. The maximum absolute atomic E-state index is 14.3. The highest BCUT2D eigenvalue weighted by atomic mass is 19.2. The maximum atomic E-state index is 14.3. The molecular weight excluding hydrogens is 356 g/mol. The Hall–Kier alpha value is -1.54. The van der Waals surface area contributed by atoms with Gasteiger partial charge in [-0.3, -0.25) is 0 Å². The van der Waals surface area contributed by atoms with Gasteiger partial charge in [0, 0.05) is 0 Å². The van der Waals surface area contributed by atoms with Gasteiger partial charge in [0.25, 0.3) is 0 Å². The highest BCUT2D eigenvalue weighted by molar-refractivity contribution is 5.38. The zero-order valence-electron chi connectivity index (χ0n) is 14.8. The van der Waals surface area contributed by atoms with Gasteiger partial charge < -0.3 is 18.9 Å². The number of rotatable bonds is 8. The van der Waals surface area contributed by atoms with Crippen molar-refractivity contribution >= 4 is 0 Å². The van der Waals surface area contributed by atoms with Crippen LogP contribution in [0.5, 0.6) is 11.5 Å². The summed E-state index contributed by atoms with van der Waals surface area (Å²) < 4.78 is 77.4. The van der Waals surface area contributed by atoms with Crippen LogP contribution in [0.25, 0.3) is 0 Å². The van der Waals surface area contributed by atoms with Crippen LogP contribution in [0, 0.1) is 34.1 Å². The Morgan fingerprint density at radius 1 is 0.692 bits per heavy atom. The van der Waals surface area contributed by atoms with E-state index in [0.717, 1.165) is 0 Å². The largest absolute Gasteiger partial charge is 0.487 e. The SMILES string of the molecule is CCC1(COc2c(F)c(F)c(OCC3(CC)COC3)c(F)c2F)COC1. The van der Waals surface area contributed by atoms with Gasteiger partial charge in [0.1, 0.15) is 0 Å². The fourth-order valence-corrected chi connectivity index (χ4v) is 2.86. The summed E-state index contributed by atoms with van der Waals surface area (Å²) >= 11 is 0. The van der Waals surface area contributed by atoms with Crippen LogP contribution in [0.2, 0.25) is 0 Å². The van der Waals surface area contributed by atoms with Crippen molar-refractivity contribution in [3.63, 3.8) is 0 Å². The third kappa shape index (κ3) is 3.24. The van der Waals surface area contributed by atoms with Crippen molar-refractivity contribution in [3.8, 4) is 11.5 Å². The Morgan fingerprint density at radius 3 is 1.19 bits per heavy atom. The van der Waals surface area contributed by atoms with Gasteiger partial charge in [0.15, 0.2) is 11.5 Å². The van der Waals surface area contributed by atoms with Crippen LogP contribution < -0.4 is 9.47 Å². The van der Waals surface area contributed by atoms with E-state index in [0.29, 0.717) is 39.3 Å². The molecule has 8 heteroatoms. The Labute approximate surface area is 149 Å². The first-order valence-electron chi connectivity index (χ1n) is 8.64. The zero-order chi connectivity index (χ0) is 18.9. The molecule has 26 heavy (non-hydrogen) atoms. The Morgan fingerprint density at radius 2 is 1.00 bits per heavy atom. The zero-order valence-corrected chi connectivity index (χ0v) is 14.8. The second kappa shape index (κ2) is 7.23. The molecule has 2 saturated heterocycles. The number of halogens is 4. The highest BCUT2D eigenvalue weighted by Crippen LogP contribution is 2.39. The normalized spacial score (nSPS) is 20.2. The summed E-state index contributed by atoms with van der Waals surface area (Å²) in [5, 5.41) is 0. The van der Waals surface area contributed by atoms with Crippen molar-refractivity contribution in [3.05, 3.63) is 23.3 Å². The molecule has 0 amide bonds. The van der Waals surface area contributed by atoms with E-state index in [-0.39, 0.29) is 13.2 Å². The van der Waals surface area contributed by atoms with Gasteiger partial charge >= 0.3 is 0 Å². The molecule has 2 fully saturated rings. The monoisotopic (exact) mass is 378 g/mol. The minimum absolute atomic E-state index is 0.0906. The molecule has 1 aromatic carbocycles. The molecule has 0 unspecified atom stereocenters. The fraction of sp³-hybridized carbons (Fsp3) is 0.667. The Bertz CT molecular complexity index is 575. The van der Waals surface area contributed by atoms with E-state index in [2.05, 4.69) is 0 Å². The van der Waals surface area contributed by atoms with E-state index in [1.165, 1.54) is 0 Å². The van der Waals surface area contributed by atoms with E-state index in [1.807, 2.05) is 13.8 Å².